The quantitative estimate of drug-likeness (QED) is 0.720. The topological polar surface area (TPSA) is 66.5 Å². The monoisotopic (exact) mass is 457 g/mol. The summed E-state index contributed by atoms with van der Waals surface area (Å²) in [4.78, 5) is 16.5. The Balaban J connectivity index is 1.44. The number of nitrogens with zero attached hydrogens (tertiary/aromatic N) is 2. The Hall–Kier alpha value is -2.38. The van der Waals surface area contributed by atoms with Gasteiger partial charge in [0.15, 0.2) is 0 Å². The minimum absolute atomic E-state index is 0.101. The molecule has 2 aromatic rings. The van der Waals surface area contributed by atoms with Crippen molar-refractivity contribution < 1.29 is 18.1 Å². The second-order valence-electron chi connectivity index (χ2n) is 9.52. The maximum Gasteiger partial charge on any atom is 0.368 e. The Morgan fingerprint density at radius 3 is 2.22 bits per heavy atom. The molecule has 2 heterocycles. The van der Waals surface area contributed by atoms with Crippen LogP contribution in [0.1, 0.15) is 39.5 Å². The van der Waals surface area contributed by atoms with E-state index in [1.807, 2.05) is 6.92 Å². The van der Waals surface area contributed by atoms with Crippen LogP contribution in [-0.2, 0) is 10.0 Å². The van der Waals surface area contributed by atoms with Crippen molar-refractivity contribution in [1.82, 2.24) is 0 Å². The van der Waals surface area contributed by atoms with Gasteiger partial charge >= 0.3 is 15.9 Å². The van der Waals surface area contributed by atoms with Gasteiger partial charge in [0.2, 0.25) is 0 Å². The zero-order valence-corrected chi connectivity index (χ0v) is 20.6. The van der Waals surface area contributed by atoms with Crippen molar-refractivity contribution in [3.8, 4) is 0 Å². The Morgan fingerprint density at radius 1 is 1.03 bits per heavy atom. The molecule has 1 amide bonds. The molecule has 0 radical (unpaired) electrons. The van der Waals surface area contributed by atoms with Gasteiger partial charge in [-0.1, -0.05) is 13.0 Å². The van der Waals surface area contributed by atoms with Gasteiger partial charge in [0.25, 0.3) is 0 Å². The first-order chi connectivity index (χ1) is 15.1. The number of nitrogens with one attached hydrogen (secondary N) is 1. The van der Waals surface area contributed by atoms with E-state index in [1.165, 1.54) is 27.9 Å². The largest absolute Gasteiger partial charge is 0.368 e. The van der Waals surface area contributed by atoms with E-state index in [-0.39, 0.29) is 11.8 Å². The fourth-order valence-corrected chi connectivity index (χ4v) is 7.12. The third-order valence-corrected chi connectivity index (χ3v) is 9.11. The third-order valence-electron chi connectivity index (χ3n) is 7.06. The SMILES string of the molecule is Cc1cc(C)c(N2CC[NH+](C(=O)c3ccc(N4CC(C)CS4(=O)=[OH+])cc3)CC2)c(C)c1C. The molecule has 6 nitrogen and oxygen atoms in total. The number of hydrogen-bond donors (Lipinski definition) is 1. The van der Waals surface area contributed by atoms with Gasteiger partial charge in [-0.25, -0.2) is 13.3 Å². The summed E-state index contributed by atoms with van der Waals surface area (Å²) in [6.07, 6.45) is 0. The van der Waals surface area contributed by atoms with E-state index in [2.05, 4.69) is 38.7 Å². The molecule has 2 aliphatic heterocycles. The van der Waals surface area contributed by atoms with E-state index in [9.17, 15) is 13.2 Å². The van der Waals surface area contributed by atoms with Gasteiger partial charge in [0.05, 0.1) is 24.3 Å². The highest BCUT2D eigenvalue weighted by Gasteiger charge is 2.38. The smallest absolute Gasteiger partial charge is 0.360 e. The lowest BCUT2D eigenvalue weighted by Crippen LogP contribution is -3.17. The number of carbonyl (C=O) groups excluding carboxylic acids is 1. The van der Waals surface area contributed by atoms with E-state index in [1.54, 1.807) is 28.6 Å². The molecular weight excluding hydrogens is 422 g/mol. The standard InChI is InChI=1S/C25H33N3O3S/c1-17-15-28(32(30,31)16-17)23-8-6-22(7-9-23)25(29)27-12-10-26(11-13-27)24-19(3)14-18(2)20(4)21(24)5/h6-9,14,17H,10-13,15-16H2,1-5H3/p+2. The van der Waals surface area contributed by atoms with Gasteiger partial charge in [0.1, 0.15) is 18.8 Å². The number of aryl methyl sites for hydroxylation is 2. The first kappa shape index (κ1) is 22.8. The van der Waals surface area contributed by atoms with Gasteiger partial charge in [-0.15, -0.1) is 0 Å². The van der Waals surface area contributed by atoms with Gasteiger partial charge in [-0.2, -0.15) is 4.21 Å². The highest BCUT2D eigenvalue weighted by molar-refractivity contribution is 7.93. The van der Waals surface area contributed by atoms with Crippen molar-refractivity contribution in [2.24, 2.45) is 5.92 Å². The molecule has 2 aliphatic rings. The predicted octanol–water partition coefficient (Wildman–Crippen LogP) is 2.41. The number of amides is 1. The molecule has 0 saturated carbocycles. The Morgan fingerprint density at radius 2 is 1.66 bits per heavy atom. The lowest BCUT2D eigenvalue weighted by Gasteiger charge is -2.35. The van der Waals surface area contributed by atoms with Gasteiger partial charge in [0, 0.05) is 12.2 Å². The van der Waals surface area contributed by atoms with Crippen molar-refractivity contribution in [3.63, 3.8) is 0 Å². The van der Waals surface area contributed by atoms with Crippen LogP contribution >= 0.6 is 0 Å². The molecule has 172 valence electrons. The third kappa shape index (κ3) is 4.16. The Labute approximate surface area is 191 Å². The van der Waals surface area contributed by atoms with Crippen LogP contribution in [-0.4, -0.2) is 52.8 Å². The molecule has 32 heavy (non-hydrogen) atoms. The first-order valence-electron chi connectivity index (χ1n) is 11.4. The molecule has 0 aliphatic carbocycles. The molecule has 7 heteroatoms. The number of rotatable bonds is 3. The van der Waals surface area contributed by atoms with Crippen LogP contribution < -0.4 is 14.1 Å². The predicted molar refractivity (Wildman–Crippen MR) is 131 cm³/mol. The van der Waals surface area contributed by atoms with Crippen LogP contribution in [0, 0.1) is 33.6 Å². The summed E-state index contributed by atoms with van der Waals surface area (Å²) in [5, 5.41) is 0. The van der Waals surface area contributed by atoms with Gasteiger partial charge in [-0.3, -0.25) is 4.90 Å². The minimum atomic E-state index is -3.00. The van der Waals surface area contributed by atoms with Crippen molar-refractivity contribution in [3.05, 3.63) is 58.1 Å². The van der Waals surface area contributed by atoms with E-state index in [4.69, 9.17) is 0 Å². The zero-order chi connectivity index (χ0) is 23.2. The molecule has 2 atom stereocenters. The maximum atomic E-state index is 13.1. The van der Waals surface area contributed by atoms with Crippen LogP contribution in [0.5, 0.6) is 0 Å². The van der Waals surface area contributed by atoms with Crippen LogP contribution in [0.15, 0.2) is 30.3 Å². The van der Waals surface area contributed by atoms with Crippen molar-refractivity contribution in [2.45, 2.75) is 34.6 Å². The number of carbonyl (C=O) groups is 1. The number of anilines is 2. The highest BCUT2D eigenvalue weighted by atomic mass is 32.2. The number of hydrogen-bond acceptors (Lipinski definition) is 3. The molecule has 0 spiro atoms. The lowest BCUT2D eigenvalue weighted by molar-refractivity contribution is -0.814. The van der Waals surface area contributed by atoms with E-state index < -0.39 is 10.0 Å². The number of piperazine rings is 1. The van der Waals surface area contributed by atoms with Crippen molar-refractivity contribution in [2.75, 3.05) is 47.7 Å². The highest BCUT2D eigenvalue weighted by Crippen LogP contribution is 2.30. The second kappa shape index (κ2) is 8.52. The van der Waals surface area contributed by atoms with E-state index in [0.29, 0.717) is 23.5 Å². The summed E-state index contributed by atoms with van der Waals surface area (Å²) in [5.74, 6) is 0.574. The Kier molecular flexibility index (Phi) is 6.07. The molecule has 2 unspecified atom stereocenters. The average molecular weight is 458 g/mol. The summed E-state index contributed by atoms with van der Waals surface area (Å²) in [6, 6.07) is 9.47. The molecule has 0 bridgehead atoms. The fraction of sp³-hybridized carbons (Fsp3) is 0.480. The summed E-state index contributed by atoms with van der Waals surface area (Å²) >= 11 is 0. The summed E-state index contributed by atoms with van der Waals surface area (Å²) < 4.78 is 24.2. The van der Waals surface area contributed by atoms with E-state index >= 15 is 0 Å². The second-order valence-corrected chi connectivity index (χ2v) is 11.5. The molecule has 2 fully saturated rings. The molecule has 2 saturated heterocycles. The van der Waals surface area contributed by atoms with Crippen molar-refractivity contribution >= 4 is 27.3 Å². The normalized spacial score (nSPS) is 24.2. The Bertz CT molecular complexity index is 1130. The fourth-order valence-electron chi connectivity index (χ4n) is 5.15. The lowest BCUT2D eigenvalue weighted by atomic mass is 9.97. The van der Waals surface area contributed by atoms with Crippen molar-refractivity contribution in [1.29, 1.82) is 0 Å². The first-order valence-corrected chi connectivity index (χ1v) is 13.1. The zero-order valence-electron chi connectivity index (χ0n) is 19.8. The van der Waals surface area contributed by atoms with E-state index in [0.717, 1.165) is 31.1 Å². The summed E-state index contributed by atoms with van der Waals surface area (Å²) in [7, 11) is -3.00. The molecule has 2 aromatic carbocycles. The average Bonchev–Trinajstić information content (AvgIpc) is 3.04. The van der Waals surface area contributed by atoms with Crippen LogP contribution in [0.2, 0.25) is 0 Å². The molecule has 0 aromatic heterocycles. The summed E-state index contributed by atoms with van der Waals surface area (Å²) in [5.41, 5.74) is 7.99. The number of quaternary nitrogens is 1. The van der Waals surface area contributed by atoms with Gasteiger partial charge in [-0.05, 0) is 80.1 Å². The molecule has 2 N–H and O–H groups in total. The molecular formula is C25H35N3O3S+2. The van der Waals surface area contributed by atoms with Crippen LogP contribution in [0.3, 0.4) is 0 Å². The summed E-state index contributed by atoms with van der Waals surface area (Å²) in [6.45, 7) is 14.5. The minimum Gasteiger partial charge on any atom is -0.360 e. The van der Waals surface area contributed by atoms with Gasteiger partial charge < -0.3 is 4.90 Å². The maximum absolute atomic E-state index is 13.1. The van der Waals surface area contributed by atoms with Crippen LogP contribution in [0.4, 0.5) is 11.4 Å². The van der Waals surface area contributed by atoms with Crippen LogP contribution in [0.25, 0.3) is 0 Å². The molecule has 4 rings (SSSR count). The number of benzene rings is 2.